The van der Waals surface area contributed by atoms with Crippen molar-refractivity contribution in [2.24, 2.45) is 11.1 Å². The first-order chi connectivity index (χ1) is 12.6. The Morgan fingerprint density at radius 2 is 1.65 bits per heavy atom. The molecule has 0 aliphatic heterocycles. The minimum atomic E-state index is -0.311. The molecular formula is C20H25N3O3. The molecule has 0 bridgehead atoms. The minimum absolute atomic E-state index is 0.00952. The second-order valence-corrected chi connectivity index (χ2v) is 7.00. The Hall–Kier alpha value is -2.60. The highest BCUT2D eigenvalue weighted by Crippen LogP contribution is 2.38. The summed E-state index contributed by atoms with van der Waals surface area (Å²) in [6, 6.07) is 10.3. The molecule has 1 aromatic heterocycles. The number of hydrogen-bond donors (Lipinski definition) is 3. The smallest absolute Gasteiger partial charge is 0.291 e. The molecule has 0 spiro atoms. The fourth-order valence-electron chi connectivity index (χ4n) is 3.54. The minimum Gasteiger partial charge on any atom is -0.459 e. The second kappa shape index (κ2) is 8.19. The van der Waals surface area contributed by atoms with Gasteiger partial charge in [-0.1, -0.05) is 19.3 Å². The van der Waals surface area contributed by atoms with Crippen LogP contribution in [-0.4, -0.2) is 18.4 Å². The zero-order chi connectivity index (χ0) is 18.4. The average Bonchev–Trinajstić information content (AvgIpc) is 3.19. The Labute approximate surface area is 153 Å². The summed E-state index contributed by atoms with van der Waals surface area (Å²) in [4.78, 5) is 24.4. The summed E-state index contributed by atoms with van der Waals surface area (Å²) >= 11 is 0. The number of furan rings is 1. The Kier molecular flexibility index (Phi) is 5.73. The van der Waals surface area contributed by atoms with Crippen LogP contribution < -0.4 is 16.4 Å². The number of benzene rings is 1. The SMILES string of the molecule is NCC1(CC(=O)Nc2ccc(NC(=O)c3ccco3)cc2)CCCCC1. The van der Waals surface area contributed by atoms with Gasteiger partial charge in [0.05, 0.1) is 6.26 Å². The number of amides is 2. The van der Waals surface area contributed by atoms with Crippen LogP contribution in [0.2, 0.25) is 0 Å². The van der Waals surface area contributed by atoms with E-state index in [0.717, 1.165) is 25.7 Å². The van der Waals surface area contributed by atoms with Crippen molar-refractivity contribution in [3.8, 4) is 0 Å². The van der Waals surface area contributed by atoms with Gasteiger partial charge in [0.15, 0.2) is 5.76 Å². The topological polar surface area (TPSA) is 97.4 Å². The third-order valence-corrected chi connectivity index (χ3v) is 5.05. The van der Waals surface area contributed by atoms with Crippen LogP contribution in [0.1, 0.15) is 49.1 Å². The van der Waals surface area contributed by atoms with Gasteiger partial charge in [-0.15, -0.1) is 0 Å². The van der Waals surface area contributed by atoms with E-state index >= 15 is 0 Å². The van der Waals surface area contributed by atoms with Crippen LogP contribution >= 0.6 is 0 Å². The van der Waals surface area contributed by atoms with Gasteiger partial charge in [0, 0.05) is 17.8 Å². The zero-order valence-corrected chi connectivity index (χ0v) is 14.8. The van der Waals surface area contributed by atoms with Crippen molar-refractivity contribution >= 4 is 23.2 Å². The largest absolute Gasteiger partial charge is 0.459 e. The van der Waals surface area contributed by atoms with E-state index in [1.165, 1.54) is 12.7 Å². The number of nitrogens with one attached hydrogen (secondary N) is 2. The molecule has 1 aliphatic rings. The molecule has 0 radical (unpaired) electrons. The van der Waals surface area contributed by atoms with Crippen molar-refractivity contribution in [2.75, 3.05) is 17.2 Å². The number of rotatable bonds is 6. The lowest BCUT2D eigenvalue weighted by molar-refractivity contribution is -0.118. The zero-order valence-electron chi connectivity index (χ0n) is 14.8. The van der Waals surface area contributed by atoms with Crippen molar-refractivity contribution in [1.82, 2.24) is 0 Å². The highest BCUT2D eigenvalue weighted by atomic mass is 16.3. The molecule has 4 N–H and O–H groups in total. The third-order valence-electron chi connectivity index (χ3n) is 5.05. The van der Waals surface area contributed by atoms with E-state index in [-0.39, 0.29) is 23.0 Å². The van der Waals surface area contributed by atoms with Gasteiger partial charge < -0.3 is 20.8 Å². The van der Waals surface area contributed by atoms with E-state index in [1.807, 2.05) is 0 Å². The summed E-state index contributed by atoms with van der Waals surface area (Å²) in [6.07, 6.45) is 7.48. The molecule has 2 amide bonds. The Morgan fingerprint density at radius 3 is 2.23 bits per heavy atom. The van der Waals surface area contributed by atoms with Gasteiger partial charge >= 0.3 is 0 Å². The lowest BCUT2D eigenvalue weighted by atomic mass is 9.71. The maximum Gasteiger partial charge on any atom is 0.291 e. The summed E-state index contributed by atoms with van der Waals surface area (Å²) in [5.74, 6) is -0.0689. The highest BCUT2D eigenvalue weighted by Gasteiger charge is 2.32. The van der Waals surface area contributed by atoms with E-state index < -0.39 is 0 Å². The van der Waals surface area contributed by atoms with Crippen molar-refractivity contribution in [3.05, 3.63) is 48.4 Å². The first kappa shape index (κ1) is 18.2. The number of carbonyl (C=O) groups is 2. The standard InChI is InChI=1S/C20H25N3O3/c21-14-20(10-2-1-3-11-20)13-18(24)22-15-6-8-16(9-7-15)23-19(25)17-5-4-12-26-17/h4-9,12H,1-3,10-11,13-14,21H2,(H,22,24)(H,23,25). The summed E-state index contributed by atoms with van der Waals surface area (Å²) < 4.78 is 5.06. The number of nitrogens with two attached hydrogens (primary N) is 1. The molecule has 3 rings (SSSR count). The molecule has 138 valence electrons. The first-order valence-corrected chi connectivity index (χ1v) is 9.05. The average molecular weight is 355 g/mol. The molecule has 0 atom stereocenters. The fourth-order valence-corrected chi connectivity index (χ4v) is 3.54. The maximum atomic E-state index is 12.4. The molecule has 1 heterocycles. The van der Waals surface area contributed by atoms with Crippen LogP contribution in [0.5, 0.6) is 0 Å². The van der Waals surface area contributed by atoms with E-state index in [2.05, 4.69) is 10.6 Å². The van der Waals surface area contributed by atoms with E-state index in [0.29, 0.717) is 24.3 Å². The van der Waals surface area contributed by atoms with Crippen LogP contribution in [0.4, 0.5) is 11.4 Å². The second-order valence-electron chi connectivity index (χ2n) is 7.00. The summed E-state index contributed by atoms with van der Waals surface area (Å²) in [5, 5.41) is 5.67. The van der Waals surface area contributed by atoms with Crippen LogP contribution in [-0.2, 0) is 4.79 Å². The van der Waals surface area contributed by atoms with E-state index in [9.17, 15) is 9.59 Å². The quantitative estimate of drug-likeness (QED) is 0.735. The molecule has 1 aromatic carbocycles. The maximum absolute atomic E-state index is 12.4. The van der Waals surface area contributed by atoms with Crippen LogP contribution in [0.25, 0.3) is 0 Å². The lowest BCUT2D eigenvalue weighted by Gasteiger charge is -2.35. The molecule has 1 fully saturated rings. The molecule has 1 aliphatic carbocycles. The molecule has 2 aromatic rings. The monoisotopic (exact) mass is 355 g/mol. The molecule has 6 heteroatoms. The summed E-state index contributed by atoms with van der Waals surface area (Å²) in [6.45, 7) is 0.554. The van der Waals surface area contributed by atoms with Crippen LogP contribution in [0.3, 0.4) is 0 Å². The molecule has 26 heavy (non-hydrogen) atoms. The van der Waals surface area contributed by atoms with E-state index in [4.69, 9.17) is 10.2 Å². The predicted molar refractivity (Wildman–Crippen MR) is 101 cm³/mol. The molecule has 0 unspecified atom stereocenters. The van der Waals surface area contributed by atoms with Gasteiger partial charge in [-0.2, -0.15) is 0 Å². The number of anilines is 2. The predicted octanol–water partition coefficient (Wildman–Crippen LogP) is 3.77. The van der Waals surface area contributed by atoms with Gasteiger partial charge in [0.25, 0.3) is 5.91 Å². The molecule has 0 saturated heterocycles. The molecular weight excluding hydrogens is 330 g/mol. The third kappa shape index (κ3) is 4.52. The van der Waals surface area contributed by atoms with Crippen LogP contribution in [0, 0.1) is 5.41 Å². The van der Waals surface area contributed by atoms with Gasteiger partial charge in [0.2, 0.25) is 5.91 Å². The summed E-state index contributed by atoms with van der Waals surface area (Å²) in [7, 11) is 0. The molecule has 1 saturated carbocycles. The Bertz CT molecular complexity index is 732. The fraction of sp³-hybridized carbons (Fsp3) is 0.400. The Morgan fingerprint density at radius 1 is 1.00 bits per heavy atom. The first-order valence-electron chi connectivity index (χ1n) is 9.05. The van der Waals surface area contributed by atoms with Crippen LogP contribution in [0.15, 0.2) is 47.1 Å². The van der Waals surface area contributed by atoms with Gasteiger partial charge in [-0.3, -0.25) is 9.59 Å². The normalized spacial score (nSPS) is 16.0. The van der Waals surface area contributed by atoms with Crippen molar-refractivity contribution in [3.63, 3.8) is 0 Å². The van der Waals surface area contributed by atoms with E-state index in [1.54, 1.807) is 36.4 Å². The molecule has 6 nitrogen and oxygen atoms in total. The highest BCUT2D eigenvalue weighted by molar-refractivity contribution is 6.02. The van der Waals surface area contributed by atoms with Gasteiger partial charge in [-0.05, 0) is 61.2 Å². The van der Waals surface area contributed by atoms with Crippen molar-refractivity contribution in [2.45, 2.75) is 38.5 Å². The number of carbonyl (C=O) groups excluding carboxylic acids is 2. The van der Waals surface area contributed by atoms with Gasteiger partial charge in [-0.25, -0.2) is 0 Å². The lowest BCUT2D eigenvalue weighted by Crippen LogP contribution is -2.36. The van der Waals surface area contributed by atoms with Gasteiger partial charge in [0.1, 0.15) is 0 Å². The summed E-state index contributed by atoms with van der Waals surface area (Å²) in [5.41, 5.74) is 7.24. The number of hydrogen-bond acceptors (Lipinski definition) is 4. The van der Waals surface area contributed by atoms with Crippen molar-refractivity contribution < 1.29 is 14.0 Å². The Balaban J connectivity index is 1.55. The van der Waals surface area contributed by atoms with Crippen molar-refractivity contribution in [1.29, 1.82) is 0 Å².